The van der Waals surface area contributed by atoms with E-state index in [0.29, 0.717) is 64.0 Å². The molecule has 2 aliphatic heterocycles. The number of ether oxygens (including phenoxy) is 4. The highest BCUT2D eigenvalue weighted by molar-refractivity contribution is 7.07. The molecular weight excluding hydrogens is 546 g/mol. The van der Waals surface area contributed by atoms with Crippen molar-refractivity contribution in [1.29, 1.82) is 0 Å². The van der Waals surface area contributed by atoms with Crippen LogP contribution in [0.3, 0.4) is 0 Å². The highest BCUT2D eigenvalue weighted by Crippen LogP contribution is 2.31. The summed E-state index contributed by atoms with van der Waals surface area (Å²) in [7, 11) is 1.52. The van der Waals surface area contributed by atoms with E-state index in [-0.39, 0.29) is 24.7 Å². The zero-order chi connectivity index (χ0) is 28.9. The zero-order valence-corrected chi connectivity index (χ0v) is 23.9. The number of hydrogen-bond acceptors (Lipinski definition) is 9. The van der Waals surface area contributed by atoms with E-state index in [0.717, 1.165) is 5.56 Å². The van der Waals surface area contributed by atoms with Crippen LogP contribution in [-0.4, -0.2) is 68.0 Å². The Hall–Kier alpha value is -4.22. The number of hydrogen-bond donors (Lipinski definition) is 0. The number of methoxy groups -OCH3 is 1. The molecule has 3 aromatic rings. The lowest BCUT2D eigenvalue weighted by Crippen LogP contribution is -2.43. The third kappa shape index (κ3) is 5.96. The van der Waals surface area contributed by atoms with Gasteiger partial charge < -0.3 is 23.8 Å². The van der Waals surface area contributed by atoms with Gasteiger partial charge in [-0.05, 0) is 43.2 Å². The number of carbonyl (C=O) groups is 2. The van der Waals surface area contributed by atoms with Gasteiger partial charge in [0.1, 0.15) is 0 Å². The molecule has 41 heavy (non-hydrogen) atoms. The lowest BCUT2D eigenvalue weighted by Gasteiger charge is -2.26. The molecule has 0 unspecified atom stereocenters. The molecule has 214 valence electrons. The summed E-state index contributed by atoms with van der Waals surface area (Å²) in [6.45, 7) is 5.72. The third-order valence-electron chi connectivity index (χ3n) is 6.83. The summed E-state index contributed by atoms with van der Waals surface area (Å²) in [5.41, 5.74) is 2.07. The number of thiazole rings is 1. The molecule has 0 radical (unpaired) electrons. The van der Waals surface area contributed by atoms with E-state index >= 15 is 0 Å². The molecule has 2 aromatic carbocycles. The van der Waals surface area contributed by atoms with Crippen LogP contribution in [0.25, 0.3) is 6.08 Å². The van der Waals surface area contributed by atoms with Gasteiger partial charge >= 0.3 is 5.97 Å². The smallest absolute Gasteiger partial charge is 0.338 e. The Balaban J connectivity index is 1.48. The van der Waals surface area contributed by atoms with Crippen molar-refractivity contribution in [2.75, 3.05) is 46.6 Å². The molecule has 1 amide bonds. The first-order chi connectivity index (χ1) is 19.9. The summed E-state index contributed by atoms with van der Waals surface area (Å²) in [5, 5.41) is 0. The number of nitrogens with zero attached hydrogens (tertiary/aromatic N) is 3. The van der Waals surface area contributed by atoms with E-state index < -0.39 is 12.0 Å². The SMILES string of the molecule is CCOC(=O)C1=C(C)N=c2s/c(=C/c3ccc(OCC(=O)N4CCOCC4)c(OC)c3)c(=O)n2[C@@H]1c1ccccc1. The highest BCUT2D eigenvalue weighted by Gasteiger charge is 2.33. The maximum atomic E-state index is 13.8. The number of fused-ring (bicyclic) bond motifs is 1. The van der Waals surface area contributed by atoms with Gasteiger partial charge in [0.2, 0.25) is 0 Å². The highest BCUT2D eigenvalue weighted by atomic mass is 32.1. The number of rotatable bonds is 8. The molecular formula is C30H31N3O7S. The van der Waals surface area contributed by atoms with Crippen LogP contribution in [0, 0.1) is 0 Å². The van der Waals surface area contributed by atoms with Gasteiger partial charge in [0.15, 0.2) is 22.9 Å². The summed E-state index contributed by atoms with van der Waals surface area (Å²) >= 11 is 1.24. The van der Waals surface area contributed by atoms with Gasteiger partial charge in [-0.1, -0.05) is 47.7 Å². The summed E-state index contributed by atoms with van der Waals surface area (Å²) in [5.74, 6) is 0.241. The van der Waals surface area contributed by atoms with E-state index in [9.17, 15) is 14.4 Å². The number of esters is 1. The Kier molecular flexibility index (Phi) is 8.65. The predicted octanol–water partition coefficient (Wildman–Crippen LogP) is 2.04. The Bertz CT molecular complexity index is 1650. The van der Waals surface area contributed by atoms with Crippen LogP contribution in [0.2, 0.25) is 0 Å². The minimum Gasteiger partial charge on any atom is -0.493 e. The van der Waals surface area contributed by atoms with Crippen LogP contribution in [0.5, 0.6) is 11.5 Å². The quantitative estimate of drug-likeness (QED) is 0.377. The van der Waals surface area contributed by atoms with Gasteiger partial charge in [0, 0.05) is 13.1 Å². The second-order valence-corrected chi connectivity index (χ2v) is 10.4. The largest absolute Gasteiger partial charge is 0.493 e. The van der Waals surface area contributed by atoms with Crippen LogP contribution in [0.1, 0.15) is 31.0 Å². The Morgan fingerprint density at radius 1 is 1.12 bits per heavy atom. The summed E-state index contributed by atoms with van der Waals surface area (Å²) < 4.78 is 23.9. The average Bonchev–Trinajstić information content (AvgIpc) is 3.30. The second-order valence-electron chi connectivity index (χ2n) is 9.41. The fourth-order valence-electron chi connectivity index (χ4n) is 4.83. The summed E-state index contributed by atoms with van der Waals surface area (Å²) in [4.78, 5) is 46.1. The molecule has 0 bridgehead atoms. The Morgan fingerprint density at radius 3 is 2.59 bits per heavy atom. The van der Waals surface area contributed by atoms with Crippen molar-refractivity contribution >= 4 is 29.3 Å². The summed E-state index contributed by atoms with van der Waals surface area (Å²) in [6, 6.07) is 14.0. The molecule has 10 nitrogen and oxygen atoms in total. The van der Waals surface area contributed by atoms with Crippen molar-refractivity contribution in [3.05, 3.63) is 90.6 Å². The van der Waals surface area contributed by atoms with Crippen molar-refractivity contribution < 1.29 is 28.5 Å². The molecule has 5 rings (SSSR count). The van der Waals surface area contributed by atoms with Crippen molar-refractivity contribution in [1.82, 2.24) is 9.47 Å². The first-order valence-corrected chi connectivity index (χ1v) is 14.1. The lowest BCUT2D eigenvalue weighted by atomic mass is 9.96. The minimum absolute atomic E-state index is 0.115. The van der Waals surface area contributed by atoms with Crippen molar-refractivity contribution in [2.24, 2.45) is 4.99 Å². The molecule has 0 spiro atoms. The molecule has 3 heterocycles. The number of carbonyl (C=O) groups excluding carboxylic acids is 2. The van der Waals surface area contributed by atoms with Gasteiger partial charge in [-0.2, -0.15) is 0 Å². The fraction of sp³-hybridized carbons (Fsp3) is 0.333. The van der Waals surface area contributed by atoms with Crippen molar-refractivity contribution in [3.63, 3.8) is 0 Å². The van der Waals surface area contributed by atoms with Crippen LogP contribution >= 0.6 is 11.3 Å². The average molecular weight is 578 g/mol. The maximum Gasteiger partial charge on any atom is 0.338 e. The van der Waals surface area contributed by atoms with Crippen LogP contribution in [0.4, 0.5) is 0 Å². The Morgan fingerprint density at radius 2 is 1.88 bits per heavy atom. The van der Waals surface area contributed by atoms with Gasteiger partial charge in [-0.15, -0.1) is 0 Å². The van der Waals surface area contributed by atoms with Gasteiger partial charge in [-0.25, -0.2) is 9.79 Å². The van der Waals surface area contributed by atoms with Gasteiger partial charge in [0.25, 0.3) is 11.5 Å². The molecule has 1 aromatic heterocycles. The van der Waals surface area contributed by atoms with Crippen LogP contribution < -0.4 is 24.4 Å². The molecule has 2 aliphatic rings. The predicted molar refractivity (Wildman–Crippen MR) is 153 cm³/mol. The molecule has 1 fully saturated rings. The standard InChI is InChI=1S/C30H31N3O7S/c1-4-39-29(36)26-19(2)31-30-33(27(26)21-8-6-5-7-9-21)28(35)24(41-30)17-20-10-11-22(23(16-20)37-3)40-18-25(34)32-12-14-38-15-13-32/h5-11,16-17,27H,4,12-15,18H2,1-3H3/b24-17+/t27-/m1/s1. The Labute approximate surface area is 240 Å². The van der Waals surface area contributed by atoms with Crippen molar-refractivity contribution in [2.45, 2.75) is 19.9 Å². The molecule has 0 N–H and O–H groups in total. The van der Waals surface area contributed by atoms with E-state index in [2.05, 4.69) is 4.99 Å². The number of benzene rings is 2. The first-order valence-electron chi connectivity index (χ1n) is 13.3. The zero-order valence-electron chi connectivity index (χ0n) is 23.1. The maximum absolute atomic E-state index is 13.8. The van der Waals surface area contributed by atoms with Crippen molar-refractivity contribution in [3.8, 4) is 11.5 Å². The lowest BCUT2D eigenvalue weighted by molar-refractivity contribution is -0.139. The van der Waals surface area contributed by atoms with E-state index in [4.69, 9.17) is 18.9 Å². The molecule has 0 saturated carbocycles. The van der Waals surface area contributed by atoms with Gasteiger partial charge in [0.05, 0.1) is 48.8 Å². The molecule has 1 atom stereocenters. The number of aromatic nitrogens is 1. The van der Waals surface area contributed by atoms with E-state index in [1.165, 1.54) is 18.4 Å². The van der Waals surface area contributed by atoms with Crippen LogP contribution in [-0.2, 0) is 19.1 Å². The molecule has 0 aliphatic carbocycles. The van der Waals surface area contributed by atoms with E-state index in [1.54, 1.807) is 47.6 Å². The number of allylic oxidation sites excluding steroid dienone is 1. The topological polar surface area (TPSA) is 109 Å². The number of morpholine rings is 1. The van der Waals surface area contributed by atoms with Crippen LogP contribution in [0.15, 0.2) is 69.6 Å². The molecule has 11 heteroatoms. The minimum atomic E-state index is -0.664. The first kappa shape index (κ1) is 28.3. The molecule has 1 saturated heterocycles. The number of amides is 1. The normalized spacial score (nSPS) is 17.1. The second kappa shape index (κ2) is 12.5. The monoisotopic (exact) mass is 577 g/mol. The summed E-state index contributed by atoms with van der Waals surface area (Å²) in [6.07, 6.45) is 1.75. The van der Waals surface area contributed by atoms with E-state index in [1.807, 2.05) is 30.3 Å². The van der Waals surface area contributed by atoms with Gasteiger partial charge in [-0.3, -0.25) is 14.2 Å². The third-order valence-corrected chi connectivity index (χ3v) is 7.82. The fourth-order valence-corrected chi connectivity index (χ4v) is 5.88.